The summed E-state index contributed by atoms with van der Waals surface area (Å²) in [5.41, 5.74) is 1.62. The Morgan fingerprint density at radius 1 is 1.24 bits per heavy atom. The largest absolute Gasteiger partial charge is 0.481 e. The lowest BCUT2D eigenvalue weighted by Crippen LogP contribution is -2.31. The van der Waals surface area contributed by atoms with E-state index < -0.39 is 5.97 Å². The van der Waals surface area contributed by atoms with E-state index in [2.05, 4.69) is 23.5 Å². The predicted octanol–water partition coefficient (Wildman–Crippen LogP) is 2.55. The second-order valence-electron chi connectivity index (χ2n) is 5.25. The number of rotatable bonds is 8. The highest BCUT2D eigenvalue weighted by atomic mass is 16.5. The molecule has 0 radical (unpaired) electrons. The Labute approximate surface area is 125 Å². The lowest BCUT2D eigenvalue weighted by molar-refractivity contribution is -0.137. The molecule has 1 aromatic rings. The summed E-state index contributed by atoms with van der Waals surface area (Å²) in [6.07, 6.45) is 0.818. The number of carbonyl (C=O) groups excluding carboxylic acids is 1. The zero-order valence-electron chi connectivity index (χ0n) is 12.8. The van der Waals surface area contributed by atoms with Gasteiger partial charge < -0.3 is 9.84 Å². The number of hydrogen-bond donors (Lipinski definition) is 1. The van der Waals surface area contributed by atoms with Crippen molar-refractivity contribution in [2.45, 2.75) is 39.3 Å². The quantitative estimate of drug-likeness (QED) is 0.746. The Kier molecular flexibility index (Phi) is 6.88. The number of carboxylic acids is 1. The minimum absolute atomic E-state index is 0.185. The smallest absolute Gasteiger partial charge is 0.337 e. The minimum Gasteiger partial charge on any atom is -0.481 e. The van der Waals surface area contributed by atoms with E-state index in [-0.39, 0.29) is 12.4 Å². The molecule has 0 spiro atoms. The van der Waals surface area contributed by atoms with Gasteiger partial charge in [-0.05, 0) is 44.5 Å². The molecule has 0 heterocycles. The summed E-state index contributed by atoms with van der Waals surface area (Å²) in [5.74, 6) is -1.11. The maximum Gasteiger partial charge on any atom is 0.337 e. The summed E-state index contributed by atoms with van der Waals surface area (Å²) in [4.78, 5) is 24.2. The Morgan fingerprint density at radius 2 is 1.86 bits per heavy atom. The fraction of sp³-hybridized carbons (Fsp3) is 0.500. The number of carbonyl (C=O) groups is 2. The van der Waals surface area contributed by atoms with Crippen LogP contribution in [-0.2, 0) is 16.1 Å². The van der Waals surface area contributed by atoms with E-state index in [0.717, 1.165) is 18.7 Å². The third-order valence-corrected chi connectivity index (χ3v) is 3.33. The molecule has 1 rings (SSSR count). The molecule has 0 amide bonds. The molecule has 0 unspecified atom stereocenters. The van der Waals surface area contributed by atoms with Gasteiger partial charge in [-0.1, -0.05) is 12.1 Å². The zero-order chi connectivity index (χ0) is 15.8. The number of aliphatic carboxylic acids is 1. The van der Waals surface area contributed by atoms with Crippen molar-refractivity contribution in [1.82, 2.24) is 4.90 Å². The molecule has 0 aliphatic heterocycles. The van der Waals surface area contributed by atoms with Crippen molar-refractivity contribution in [1.29, 1.82) is 0 Å². The van der Waals surface area contributed by atoms with Crippen LogP contribution in [0.3, 0.4) is 0 Å². The van der Waals surface area contributed by atoms with Gasteiger partial charge in [0.15, 0.2) is 0 Å². The van der Waals surface area contributed by atoms with E-state index in [4.69, 9.17) is 5.11 Å². The molecule has 0 saturated heterocycles. The summed E-state index contributed by atoms with van der Waals surface area (Å²) < 4.78 is 4.67. The van der Waals surface area contributed by atoms with Crippen molar-refractivity contribution in [3.8, 4) is 0 Å². The number of carboxylic acid groups (broad SMARTS) is 1. The standard InChI is InChI=1S/C16H23NO4/c1-12(2)17(10-4-5-15(18)19)11-13-6-8-14(9-7-13)16(20)21-3/h6-9,12H,4-5,10-11H2,1-3H3,(H,18,19). The van der Waals surface area contributed by atoms with Gasteiger partial charge in [-0.3, -0.25) is 9.69 Å². The van der Waals surface area contributed by atoms with Gasteiger partial charge in [0.1, 0.15) is 0 Å². The van der Waals surface area contributed by atoms with Crippen LogP contribution >= 0.6 is 0 Å². The summed E-state index contributed by atoms with van der Waals surface area (Å²) in [7, 11) is 1.36. The van der Waals surface area contributed by atoms with Gasteiger partial charge in [-0.25, -0.2) is 4.79 Å². The Morgan fingerprint density at radius 3 is 2.33 bits per heavy atom. The number of hydrogen-bond acceptors (Lipinski definition) is 4. The number of esters is 1. The van der Waals surface area contributed by atoms with Gasteiger partial charge in [0.05, 0.1) is 12.7 Å². The molecular formula is C16H23NO4. The van der Waals surface area contributed by atoms with E-state index in [9.17, 15) is 9.59 Å². The second kappa shape index (κ2) is 8.42. The molecule has 5 heteroatoms. The molecule has 1 N–H and O–H groups in total. The fourth-order valence-corrected chi connectivity index (χ4v) is 2.05. The van der Waals surface area contributed by atoms with Crippen LogP contribution in [0.1, 0.15) is 42.6 Å². The number of methoxy groups -OCH3 is 1. The molecule has 0 aromatic heterocycles. The fourth-order valence-electron chi connectivity index (χ4n) is 2.05. The van der Waals surface area contributed by atoms with Crippen LogP contribution in [0.4, 0.5) is 0 Å². The first-order valence-corrected chi connectivity index (χ1v) is 7.07. The molecule has 0 aliphatic carbocycles. The van der Waals surface area contributed by atoms with Crippen molar-refractivity contribution in [2.24, 2.45) is 0 Å². The summed E-state index contributed by atoms with van der Waals surface area (Å²) in [5, 5.41) is 8.70. The van der Waals surface area contributed by atoms with Crippen LogP contribution in [-0.4, -0.2) is 41.6 Å². The second-order valence-corrected chi connectivity index (χ2v) is 5.25. The molecule has 0 fully saturated rings. The van der Waals surface area contributed by atoms with Crippen molar-refractivity contribution in [3.63, 3.8) is 0 Å². The van der Waals surface area contributed by atoms with Crippen LogP contribution in [0.15, 0.2) is 24.3 Å². The van der Waals surface area contributed by atoms with Gasteiger partial charge in [0.2, 0.25) is 0 Å². The average molecular weight is 293 g/mol. The topological polar surface area (TPSA) is 66.8 Å². The number of benzene rings is 1. The number of nitrogens with zero attached hydrogens (tertiary/aromatic N) is 1. The molecular weight excluding hydrogens is 270 g/mol. The Bertz CT molecular complexity index is 468. The average Bonchev–Trinajstić information content (AvgIpc) is 2.45. The molecule has 0 bridgehead atoms. The molecule has 5 nitrogen and oxygen atoms in total. The Hall–Kier alpha value is -1.88. The van der Waals surface area contributed by atoms with Crippen molar-refractivity contribution < 1.29 is 19.4 Å². The third kappa shape index (κ3) is 5.95. The lowest BCUT2D eigenvalue weighted by atomic mass is 10.1. The van der Waals surface area contributed by atoms with Crippen molar-refractivity contribution in [3.05, 3.63) is 35.4 Å². The molecule has 21 heavy (non-hydrogen) atoms. The normalized spacial score (nSPS) is 10.9. The van der Waals surface area contributed by atoms with E-state index in [0.29, 0.717) is 18.0 Å². The van der Waals surface area contributed by atoms with Crippen LogP contribution in [0.25, 0.3) is 0 Å². The SMILES string of the molecule is COC(=O)c1ccc(CN(CCCC(=O)O)C(C)C)cc1. The first-order chi connectivity index (χ1) is 9.93. The molecule has 0 saturated carbocycles. The summed E-state index contributed by atoms with van der Waals surface area (Å²) in [6.45, 7) is 5.65. The maximum absolute atomic E-state index is 11.4. The molecule has 0 aliphatic rings. The van der Waals surface area contributed by atoms with E-state index in [1.165, 1.54) is 7.11 Å². The summed E-state index contributed by atoms with van der Waals surface area (Å²) >= 11 is 0. The van der Waals surface area contributed by atoms with Crippen LogP contribution in [0.2, 0.25) is 0 Å². The monoisotopic (exact) mass is 293 g/mol. The van der Waals surface area contributed by atoms with Crippen LogP contribution in [0.5, 0.6) is 0 Å². The lowest BCUT2D eigenvalue weighted by Gasteiger charge is -2.26. The minimum atomic E-state index is -0.763. The van der Waals surface area contributed by atoms with Crippen LogP contribution in [0, 0.1) is 0 Å². The van der Waals surface area contributed by atoms with Gasteiger partial charge in [-0.15, -0.1) is 0 Å². The highest BCUT2D eigenvalue weighted by Crippen LogP contribution is 2.12. The number of ether oxygens (including phenoxy) is 1. The van der Waals surface area contributed by atoms with Gasteiger partial charge in [-0.2, -0.15) is 0 Å². The van der Waals surface area contributed by atoms with E-state index >= 15 is 0 Å². The summed E-state index contributed by atoms with van der Waals surface area (Å²) in [6, 6.07) is 7.63. The zero-order valence-corrected chi connectivity index (χ0v) is 12.8. The predicted molar refractivity (Wildman–Crippen MR) is 80.2 cm³/mol. The van der Waals surface area contributed by atoms with Gasteiger partial charge in [0, 0.05) is 19.0 Å². The van der Waals surface area contributed by atoms with E-state index in [1.807, 2.05) is 12.1 Å². The Balaban J connectivity index is 2.62. The highest BCUT2D eigenvalue weighted by molar-refractivity contribution is 5.89. The third-order valence-electron chi connectivity index (χ3n) is 3.33. The highest BCUT2D eigenvalue weighted by Gasteiger charge is 2.11. The van der Waals surface area contributed by atoms with Gasteiger partial charge >= 0.3 is 11.9 Å². The van der Waals surface area contributed by atoms with Gasteiger partial charge in [0.25, 0.3) is 0 Å². The maximum atomic E-state index is 11.4. The first kappa shape index (κ1) is 17.2. The molecule has 1 aromatic carbocycles. The van der Waals surface area contributed by atoms with Crippen LogP contribution < -0.4 is 0 Å². The first-order valence-electron chi connectivity index (χ1n) is 7.07. The van der Waals surface area contributed by atoms with E-state index in [1.54, 1.807) is 12.1 Å². The van der Waals surface area contributed by atoms with Crippen molar-refractivity contribution >= 4 is 11.9 Å². The molecule has 116 valence electrons. The van der Waals surface area contributed by atoms with Crippen molar-refractivity contribution in [2.75, 3.05) is 13.7 Å². The molecule has 0 atom stereocenters.